The van der Waals surface area contributed by atoms with Crippen molar-refractivity contribution in [3.8, 4) is 0 Å². The first-order chi connectivity index (χ1) is 9.74. The predicted molar refractivity (Wildman–Crippen MR) is 80.3 cm³/mol. The van der Waals surface area contributed by atoms with Gasteiger partial charge in [0.15, 0.2) is 0 Å². The Kier molecular flexibility index (Phi) is 3.35. The second-order valence-corrected chi connectivity index (χ2v) is 5.16. The molecule has 1 aromatic heterocycles. The second-order valence-electron chi connectivity index (χ2n) is 4.38. The van der Waals surface area contributed by atoms with Crippen LogP contribution in [0.2, 0.25) is 0 Å². The van der Waals surface area contributed by atoms with E-state index in [4.69, 9.17) is 5.11 Å². The molecule has 0 saturated heterocycles. The summed E-state index contributed by atoms with van der Waals surface area (Å²) in [5.41, 5.74) is 2.32. The van der Waals surface area contributed by atoms with Gasteiger partial charge in [-0.25, -0.2) is 4.79 Å². The number of nitrogens with zero attached hydrogens (tertiary/aromatic N) is 1. The molecule has 0 saturated carbocycles. The Labute approximate surface area is 119 Å². The van der Waals surface area contributed by atoms with Gasteiger partial charge >= 0.3 is 5.97 Å². The summed E-state index contributed by atoms with van der Waals surface area (Å²) >= 11 is 1.43. The molecule has 0 radical (unpaired) electrons. The first-order valence-corrected chi connectivity index (χ1v) is 6.92. The van der Waals surface area contributed by atoms with Gasteiger partial charge < -0.3 is 10.4 Å². The lowest BCUT2D eigenvalue weighted by Gasteiger charge is -2.04. The number of aromatic nitrogens is 1. The van der Waals surface area contributed by atoms with Crippen LogP contribution in [-0.4, -0.2) is 15.4 Å². The third kappa shape index (κ3) is 2.48. The highest BCUT2D eigenvalue weighted by Gasteiger charge is 2.05. The van der Waals surface area contributed by atoms with E-state index in [0.29, 0.717) is 12.1 Å². The minimum atomic E-state index is -0.905. The van der Waals surface area contributed by atoms with Crippen molar-refractivity contribution in [1.29, 1.82) is 0 Å². The fourth-order valence-electron chi connectivity index (χ4n) is 1.96. The van der Waals surface area contributed by atoms with Crippen LogP contribution in [0.4, 0.5) is 5.00 Å². The molecule has 0 fully saturated rings. The lowest BCUT2D eigenvalue weighted by Crippen LogP contribution is -2.00. The van der Waals surface area contributed by atoms with Gasteiger partial charge in [-0.15, -0.1) is 0 Å². The van der Waals surface area contributed by atoms with Gasteiger partial charge in [0.2, 0.25) is 0 Å². The molecule has 2 aromatic carbocycles. The van der Waals surface area contributed by atoms with E-state index in [-0.39, 0.29) is 0 Å². The maximum absolute atomic E-state index is 10.8. The highest BCUT2D eigenvalue weighted by atomic mass is 32.1. The van der Waals surface area contributed by atoms with Crippen molar-refractivity contribution in [2.45, 2.75) is 6.54 Å². The molecule has 0 bridgehead atoms. The minimum Gasteiger partial charge on any atom is -0.478 e. The maximum Gasteiger partial charge on any atom is 0.335 e. The summed E-state index contributed by atoms with van der Waals surface area (Å²) < 4.78 is 4.37. The molecule has 5 heteroatoms. The number of fused-ring (bicyclic) bond motifs is 1. The van der Waals surface area contributed by atoms with Gasteiger partial charge in [0.1, 0.15) is 5.00 Å². The zero-order chi connectivity index (χ0) is 13.9. The van der Waals surface area contributed by atoms with E-state index < -0.39 is 5.97 Å². The lowest BCUT2D eigenvalue weighted by molar-refractivity contribution is 0.0697. The molecule has 0 aliphatic carbocycles. The third-order valence-corrected chi connectivity index (χ3v) is 3.87. The van der Waals surface area contributed by atoms with Crippen molar-refractivity contribution >= 4 is 33.4 Å². The lowest BCUT2D eigenvalue weighted by atomic mass is 10.1. The van der Waals surface area contributed by atoms with Gasteiger partial charge in [0.05, 0.1) is 11.1 Å². The molecule has 0 unspecified atom stereocenters. The van der Waals surface area contributed by atoms with Gasteiger partial charge in [-0.3, -0.25) is 0 Å². The van der Waals surface area contributed by atoms with E-state index in [1.165, 1.54) is 11.5 Å². The average Bonchev–Trinajstić information content (AvgIpc) is 2.89. The summed E-state index contributed by atoms with van der Waals surface area (Å²) in [6.07, 6.45) is 0. The maximum atomic E-state index is 10.8. The zero-order valence-corrected chi connectivity index (χ0v) is 11.4. The van der Waals surface area contributed by atoms with Crippen molar-refractivity contribution in [3.05, 3.63) is 59.7 Å². The summed E-state index contributed by atoms with van der Waals surface area (Å²) in [6.45, 7) is 0.645. The van der Waals surface area contributed by atoms with Gasteiger partial charge in [-0.05, 0) is 41.4 Å². The van der Waals surface area contributed by atoms with Crippen LogP contribution in [0, 0.1) is 0 Å². The van der Waals surface area contributed by atoms with E-state index in [1.54, 1.807) is 12.1 Å². The van der Waals surface area contributed by atoms with Crippen LogP contribution in [0.3, 0.4) is 0 Å². The van der Waals surface area contributed by atoms with Crippen LogP contribution < -0.4 is 5.32 Å². The summed E-state index contributed by atoms with van der Waals surface area (Å²) in [7, 11) is 0. The van der Waals surface area contributed by atoms with Crippen molar-refractivity contribution in [1.82, 2.24) is 4.37 Å². The minimum absolute atomic E-state index is 0.303. The Morgan fingerprint density at radius 2 is 1.90 bits per heavy atom. The molecule has 0 amide bonds. The third-order valence-electron chi connectivity index (χ3n) is 3.04. The van der Waals surface area contributed by atoms with E-state index in [1.807, 2.05) is 36.4 Å². The Hall–Kier alpha value is -2.40. The van der Waals surface area contributed by atoms with Crippen LogP contribution in [-0.2, 0) is 6.54 Å². The summed E-state index contributed by atoms with van der Waals surface area (Å²) in [4.78, 5) is 10.8. The molecular weight excluding hydrogens is 272 g/mol. The fraction of sp³-hybridized carbons (Fsp3) is 0.0667. The van der Waals surface area contributed by atoms with Crippen molar-refractivity contribution in [2.24, 2.45) is 0 Å². The highest BCUT2D eigenvalue weighted by molar-refractivity contribution is 7.11. The second kappa shape index (κ2) is 5.30. The van der Waals surface area contributed by atoms with Gasteiger partial charge in [0, 0.05) is 11.9 Å². The molecule has 0 atom stereocenters. The molecule has 0 aliphatic heterocycles. The molecule has 3 rings (SSSR count). The smallest absolute Gasteiger partial charge is 0.335 e. The molecule has 20 heavy (non-hydrogen) atoms. The van der Waals surface area contributed by atoms with Crippen LogP contribution in [0.15, 0.2) is 48.5 Å². The number of hydrogen-bond acceptors (Lipinski definition) is 4. The first kappa shape index (κ1) is 12.6. The predicted octanol–water partition coefficient (Wildman–Crippen LogP) is 3.61. The number of aromatic carboxylic acids is 1. The Balaban J connectivity index is 1.74. The number of nitrogens with one attached hydrogen (secondary N) is 1. The molecule has 3 aromatic rings. The van der Waals surface area contributed by atoms with Crippen LogP contribution in [0.25, 0.3) is 10.9 Å². The first-order valence-electron chi connectivity index (χ1n) is 6.14. The summed E-state index contributed by atoms with van der Waals surface area (Å²) in [5, 5.41) is 14.3. The van der Waals surface area contributed by atoms with Crippen LogP contribution in [0.5, 0.6) is 0 Å². The number of carbonyl (C=O) groups is 1. The van der Waals surface area contributed by atoms with E-state index in [9.17, 15) is 4.79 Å². The number of benzene rings is 2. The quantitative estimate of drug-likeness (QED) is 0.768. The molecular formula is C15H12N2O2S. The Bertz CT molecular complexity index is 750. The van der Waals surface area contributed by atoms with Gasteiger partial charge in [-0.1, -0.05) is 24.3 Å². The largest absolute Gasteiger partial charge is 0.478 e. The number of carboxylic acids is 1. The molecule has 0 aliphatic rings. The number of hydrogen-bond donors (Lipinski definition) is 2. The number of rotatable bonds is 4. The van der Waals surface area contributed by atoms with Crippen LogP contribution >= 0.6 is 11.5 Å². The monoisotopic (exact) mass is 284 g/mol. The van der Waals surface area contributed by atoms with E-state index >= 15 is 0 Å². The summed E-state index contributed by atoms with van der Waals surface area (Å²) in [6, 6.07) is 14.8. The fourth-order valence-corrected chi connectivity index (χ4v) is 2.72. The number of anilines is 1. The van der Waals surface area contributed by atoms with Crippen molar-refractivity contribution in [3.63, 3.8) is 0 Å². The molecule has 100 valence electrons. The van der Waals surface area contributed by atoms with E-state index in [0.717, 1.165) is 21.5 Å². The summed E-state index contributed by atoms with van der Waals surface area (Å²) in [5.74, 6) is -0.905. The van der Waals surface area contributed by atoms with Gasteiger partial charge in [-0.2, -0.15) is 4.37 Å². The normalized spacial score (nSPS) is 10.6. The average molecular weight is 284 g/mol. The Morgan fingerprint density at radius 1 is 1.15 bits per heavy atom. The zero-order valence-electron chi connectivity index (χ0n) is 10.5. The van der Waals surface area contributed by atoms with Crippen molar-refractivity contribution in [2.75, 3.05) is 5.32 Å². The van der Waals surface area contributed by atoms with Crippen LogP contribution in [0.1, 0.15) is 15.9 Å². The van der Waals surface area contributed by atoms with E-state index in [2.05, 4.69) is 9.69 Å². The highest BCUT2D eigenvalue weighted by Crippen LogP contribution is 2.27. The Morgan fingerprint density at radius 3 is 2.65 bits per heavy atom. The molecule has 4 nitrogen and oxygen atoms in total. The topological polar surface area (TPSA) is 62.2 Å². The number of carboxylic acid groups (broad SMARTS) is 1. The molecule has 0 spiro atoms. The SMILES string of the molecule is O=C(O)c1ccc(CNc2snc3ccccc23)cc1. The van der Waals surface area contributed by atoms with Gasteiger partial charge in [0.25, 0.3) is 0 Å². The standard InChI is InChI=1S/C15H12N2O2S/c18-15(19)11-7-5-10(6-8-11)9-16-14-12-3-1-2-4-13(12)17-20-14/h1-8,16H,9H2,(H,18,19). The van der Waals surface area contributed by atoms with Crippen molar-refractivity contribution < 1.29 is 9.90 Å². The molecule has 2 N–H and O–H groups in total. The molecule has 1 heterocycles.